The number of fused-ring (bicyclic) bond motifs is 1. The van der Waals surface area contributed by atoms with Crippen LogP contribution in [-0.2, 0) is 4.79 Å². The van der Waals surface area contributed by atoms with E-state index in [1.807, 2.05) is 55.6 Å². The fourth-order valence-corrected chi connectivity index (χ4v) is 4.06. The van der Waals surface area contributed by atoms with Gasteiger partial charge >= 0.3 is 0 Å². The Bertz CT molecular complexity index is 1270. The van der Waals surface area contributed by atoms with Crippen LogP contribution >= 0.6 is 23.6 Å². The highest BCUT2D eigenvalue weighted by atomic mass is 32.1. The summed E-state index contributed by atoms with van der Waals surface area (Å²) >= 11 is 6.66. The van der Waals surface area contributed by atoms with E-state index in [-0.39, 0.29) is 17.6 Å². The van der Waals surface area contributed by atoms with Gasteiger partial charge in [0.05, 0.1) is 5.69 Å². The van der Waals surface area contributed by atoms with Crippen LogP contribution in [0.5, 0.6) is 5.75 Å². The lowest BCUT2D eigenvalue weighted by Crippen LogP contribution is -2.37. The normalized spacial score (nSPS) is 10.6. The summed E-state index contributed by atoms with van der Waals surface area (Å²) in [4.78, 5) is 16.7. The Hall–Kier alpha value is -3.29. The second-order valence-electron chi connectivity index (χ2n) is 7.14. The van der Waals surface area contributed by atoms with E-state index in [9.17, 15) is 4.79 Å². The van der Waals surface area contributed by atoms with Crippen molar-refractivity contribution in [1.82, 2.24) is 10.3 Å². The van der Waals surface area contributed by atoms with Gasteiger partial charge in [-0.2, -0.15) is 0 Å². The van der Waals surface area contributed by atoms with Gasteiger partial charge in [0.25, 0.3) is 5.91 Å². The molecule has 0 aliphatic carbocycles. The van der Waals surface area contributed by atoms with Crippen LogP contribution in [0.3, 0.4) is 0 Å². The van der Waals surface area contributed by atoms with E-state index in [0.717, 1.165) is 22.2 Å². The van der Waals surface area contributed by atoms with Gasteiger partial charge in [0.2, 0.25) is 0 Å². The molecule has 0 unspecified atom stereocenters. The molecule has 2 N–H and O–H groups in total. The molecular formula is C24H21N3O2S2. The number of hydrogen-bond donors (Lipinski definition) is 2. The molecule has 0 bridgehead atoms. The molecule has 1 amide bonds. The van der Waals surface area contributed by atoms with E-state index in [4.69, 9.17) is 17.0 Å². The maximum Gasteiger partial charge on any atom is 0.264 e. The van der Waals surface area contributed by atoms with E-state index < -0.39 is 0 Å². The molecule has 1 aromatic heterocycles. The van der Waals surface area contributed by atoms with Gasteiger partial charge in [0.15, 0.2) is 16.9 Å². The first kappa shape index (κ1) is 21.0. The number of rotatable bonds is 5. The number of ether oxygens (including phenoxy) is 1. The van der Waals surface area contributed by atoms with Crippen molar-refractivity contribution in [2.75, 3.05) is 11.9 Å². The average molecular weight is 448 g/mol. The number of aromatic nitrogens is 1. The first-order valence-corrected chi connectivity index (χ1v) is 11.0. The van der Waals surface area contributed by atoms with Gasteiger partial charge < -0.3 is 10.1 Å². The molecule has 156 valence electrons. The Kier molecular flexibility index (Phi) is 6.25. The predicted octanol–water partition coefficient (Wildman–Crippen LogP) is 5.47. The Morgan fingerprint density at radius 3 is 2.65 bits per heavy atom. The maximum absolute atomic E-state index is 12.1. The molecule has 0 saturated carbocycles. The van der Waals surface area contributed by atoms with Crippen molar-refractivity contribution in [3.8, 4) is 17.0 Å². The number of nitrogens with zero attached hydrogens (tertiary/aromatic N) is 1. The van der Waals surface area contributed by atoms with Crippen molar-refractivity contribution in [3.05, 3.63) is 77.2 Å². The Morgan fingerprint density at radius 2 is 1.84 bits per heavy atom. The molecule has 0 radical (unpaired) electrons. The number of aryl methyl sites for hydroxylation is 2. The Labute approximate surface area is 190 Å². The molecule has 7 heteroatoms. The highest BCUT2D eigenvalue weighted by Gasteiger charge is 2.10. The van der Waals surface area contributed by atoms with Crippen LogP contribution in [-0.4, -0.2) is 22.6 Å². The van der Waals surface area contributed by atoms with Crippen LogP contribution < -0.4 is 15.4 Å². The van der Waals surface area contributed by atoms with E-state index >= 15 is 0 Å². The van der Waals surface area contributed by atoms with Crippen molar-refractivity contribution < 1.29 is 9.53 Å². The van der Waals surface area contributed by atoms with Crippen LogP contribution in [0.2, 0.25) is 0 Å². The van der Waals surface area contributed by atoms with Crippen LogP contribution in [0.15, 0.2) is 66.0 Å². The minimum absolute atomic E-state index is 0.121. The molecule has 0 aliphatic heterocycles. The van der Waals surface area contributed by atoms with Gasteiger partial charge in [-0.3, -0.25) is 10.1 Å². The zero-order valence-corrected chi connectivity index (χ0v) is 18.8. The standard InChI is InChI=1S/C24H21N3O2S2/c1-15-7-10-20(11-16(15)2)29-13-22(28)26-23(30)27-24-25-21(14-31-24)19-9-8-17-5-3-4-6-18(17)12-19/h3-12,14H,13H2,1-2H3,(H2,25,26,27,28,30). The molecule has 31 heavy (non-hydrogen) atoms. The van der Waals surface area contributed by atoms with Crippen LogP contribution in [0, 0.1) is 13.8 Å². The Morgan fingerprint density at radius 1 is 1.03 bits per heavy atom. The van der Waals surface area contributed by atoms with E-state index in [1.165, 1.54) is 22.3 Å². The monoisotopic (exact) mass is 447 g/mol. The molecule has 0 aliphatic rings. The first-order chi connectivity index (χ1) is 15.0. The van der Waals surface area contributed by atoms with Crippen LogP contribution in [0.25, 0.3) is 22.0 Å². The van der Waals surface area contributed by atoms with E-state index in [2.05, 4.69) is 39.9 Å². The summed E-state index contributed by atoms with van der Waals surface area (Å²) in [7, 11) is 0. The lowest BCUT2D eigenvalue weighted by atomic mass is 10.1. The van der Waals surface area contributed by atoms with Gasteiger partial charge in [0, 0.05) is 10.9 Å². The Balaban J connectivity index is 1.32. The summed E-state index contributed by atoms with van der Waals surface area (Å²) in [6.07, 6.45) is 0. The summed E-state index contributed by atoms with van der Waals surface area (Å²) in [6, 6.07) is 20.2. The molecule has 0 fully saturated rings. The zero-order chi connectivity index (χ0) is 21.8. The predicted molar refractivity (Wildman–Crippen MR) is 131 cm³/mol. The third kappa shape index (κ3) is 5.25. The highest BCUT2D eigenvalue weighted by Crippen LogP contribution is 2.27. The summed E-state index contributed by atoms with van der Waals surface area (Å²) < 4.78 is 5.54. The quantitative estimate of drug-likeness (QED) is 0.397. The number of nitrogens with one attached hydrogen (secondary N) is 2. The molecule has 1 heterocycles. The van der Waals surface area contributed by atoms with Gasteiger partial charge in [-0.05, 0) is 66.2 Å². The lowest BCUT2D eigenvalue weighted by Gasteiger charge is -2.10. The SMILES string of the molecule is Cc1ccc(OCC(=O)NC(=S)Nc2nc(-c3ccc4ccccc4c3)cs2)cc1C. The molecule has 5 nitrogen and oxygen atoms in total. The first-order valence-electron chi connectivity index (χ1n) is 9.73. The van der Waals surface area contributed by atoms with Crippen molar-refractivity contribution in [2.45, 2.75) is 13.8 Å². The summed E-state index contributed by atoms with van der Waals surface area (Å²) in [5.41, 5.74) is 4.17. The summed E-state index contributed by atoms with van der Waals surface area (Å²) in [5, 5.41) is 10.7. The van der Waals surface area contributed by atoms with Gasteiger partial charge in [-0.25, -0.2) is 4.98 Å². The topological polar surface area (TPSA) is 63.2 Å². The van der Waals surface area contributed by atoms with Crippen molar-refractivity contribution in [2.24, 2.45) is 0 Å². The maximum atomic E-state index is 12.1. The number of carbonyl (C=O) groups excluding carboxylic acids is 1. The molecule has 0 atom stereocenters. The van der Waals surface area contributed by atoms with E-state index in [0.29, 0.717) is 10.9 Å². The van der Waals surface area contributed by atoms with Crippen LogP contribution in [0.4, 0.5) is 5.13 Å². The number of carbonyl (C=O) groups is 1. The summed E-state index contributed by atoms with van der Waals surface area (Å²) in [6.45, 7) is 3.91. The van der Waals surface area contributed by atoms with Crippen molar-refractivity contribution >= 4 is 50.5 Å². The number of thiocarbonyl (C=S) groups is 1. The van der Waals surface area contributed by atoms with Crippen molar-refractivity contribution in [1.29, 1.82) is 0 Å². The number of anilines is 1. The van der Waals surface area contributed by atoms with E-state index in [1.54, 1.807) is 0 Å². The molecule has 0 saturated heterocycles. The fourth-order valence-electron chi connectivity index (χ4n) is 3.06. The fraction of sp³-hybridized carbons (Fsp3) is 0.125. The highest BCUT2D eigenvalue weighted by molar-refractivity contribution is 7.80. The average Bonchev–Trinajstić information content (AvgIpc) is 3.22. The number of benzene rings is 3. The van der Waals surface area contributed by atoms with Gasteiger partial charge in [-0.1, -0.05) is 42.5 Å². The molecular weight excluding hydrogens is 426 g/mol. The molecule has 4 aromatic rings. The number of thiazole rings is 1. The molecule has 0 spiro atoms. The smallest absolute Gasteiger partial charge is 0.264 e. The second-order valence-corrected chi connectivity index (χ2v) is 8.40. The molecule has 4 rings (SSSR count). The van der Waals surface area contributed by atoms with Crippen LogP contribution in [0.1, 0.15) is 11.1 Å². The van der Waals surface area contributed by atoms with Gasteiger partial charge in [0.1, 0.15) is 5.75 Å². The minimum atomic E-state index is -0.331. The second kappa shape index (κ2) is 9.24. The molecule has 3 aromatic carbocycles. The number of amides is 1. The summed E-state index contributed by atoms with van der Waals surface area (Å²) in [5.74, 6) is 0.319. The lowest BCUT2D eigenvalue weighted by molar-refractivity contribution is -0.121. The minimum Gasteiger partial charge on any atom is -0.484 e. The van der Waals surface area contributed by atoms with Crippen molar-refractivity contribution in [3.63, 3.8) is 0 Å². The largest absolute Gasteiger partial charge is 0.484 e. The third-order valence-corrected chi connectivity index (χ3v) is 5.83. The van der Waals surface area contributed by atoms with Gasteiger partial charge in [-0.15, -0.1) is 11.3 Å². The number of hydrogen-bond acceptors (Lipinski definition) is 5. The zero-order valence-electron chi connectivity index (χ0n) is 17.1. The third-order valence-electron chi connectivity index (χ3n) is 4.87.